The zero-order valence-electron chi connectivity index (χ0n) is 18.6. The number of nitrogens with one attached hydrogen (secondary N) is 3. The van der Waals surface area contributed by atoms with E-state index < -0.39 is 0 Å². The van der Waals surface area contributed by atoms with Crippen LogP contribution in [-0.4, -0.2) is 65.2 Å². The highest BCUT2D eigenvalue weighted by Crippen LogP contribution is 2.27. The van der Waals surface area contributed by atoms with Crippen molar-refractivity contribution in [2.24, 2.45) is 10.9 Å². The number of halogens is 1. The third-order valence-electron chi connectivity index (χ3n) is 6.07. The molecule has 1 aliphatic heterocycles. The molecule has 1 atom stereocenters. The van der Waals surface area contributed by atoms with Crippen LogP contribution in [0.25, 0.3) is 11.4 Å². The molecular formula is C22H32IN7O2. The standard InChI is InChI=1S/C22H31N7O2.HI/c1-23-22(25-17-11-12-29(14-17)21(30)16-5-3-4-6-16)24-13-19-26-20(28-27-19)15-7-9-18(31-2)10-8-15;/h7-10,16-17H,3-6,11-14H2,1-2H3,(H2,23,24,25)(H,26,27,28);1H. The predicted molar refractivity (Wildman–Crippen MR) is 134 cm³/mol. The van der Waals surface area contributed by atoms with Crippen molar-refractivity contribution in [1.29, 1.82) is 0 Å². The maximum atomic E-state index is 12.6. The smallest absolute Gasteiger partial charge is 0.225 e. The Morgan fingerprint density at radius 2 is 2.00 bits per heavy atom. The van der Waals surface area contributed by atoms with E-state index in [4.69, 9.17) is 4.74 Å². The fraction of sp³-hybridized carbons (Fsp3) is 0.545. The van der Waals surface area contributed by atoms with Gasteiger partial charge in [-0.3, -0.25) is 14.9 Å². The van der Waals surface area contributed by atoms with E-state index >= 15 is 0 Å². The minimum atomic E-state index is 0. The number of hydrogen-bond acceptors (Lipinski definition) is 5. The maximum absolute atomic E-state index is 12.6. The summed E-state index contributed by atoms with van der Waals surface area (Å²) in [5.74, 6) is 3.42. The highest BCUT2D eigenvalue weighted by molar-refractivity contribution is 14.0. The highest BCUT2D eigenvalue weighted by atomic mass is 127. The molecule has 1 aromatic carbocycles. The van der Waals surface area contributed by atoms with Crippen LogP contribution >= 0.6 is 24.0 Å². The zero-order chi connectivity index (χ0) is 21.6. The molecule has 1 amide bonds. The molecule has 10 heteroatoms. The molecular weight excluding hydrogens is 521 g/mol. The Kier molecular flexibility index (Phi) is 8.71. The van der Waals surface area contributed by atoms with Crippen LogP contribution in [0.2, 0.25) is 0 Å². The fourth-order valence-corrected chi connectivity index (χ4v) is 4.31. The monoisotopic (exact) mass is 553 g/mol. The number of rotatable bonds is 6. The van der Waals surface area contributed by atoms with Gasteiger partial charge in [0.2, 0.25) is 5.91 Å². The van der Waals surface area contributed by atoms with Gasteiger partial charge in [-0.2, -0.15) is 5.10 Å². The fourth-order valence-electron chi connectivity index (χ4n) is 4.31. The molecule has 0 bridgehead atoms. The molecule has 2 fully saturated rings. The number of methoxy groups -OCH3 is 1. The molecule has 0 spiro atoms. The molecule has 4 rings (SSSR count). The van der Waals surface area contributed by atoms with E-state index in [0.29, 0.717) is 24.2 Å². The van der Waals surface area contributed by atoms with Gasteiger partial charge in [-0.05, 0) is 43.5 Å². The van der Waals surface area contributed by atoms with Gasteiger partial charge >= 0.3 is 0 Å². The van der Waals surface area contributed by atoms with Gasteiger partial charge in [0, 0.05) is 37.7 Å². The highest BCUT2D eigenvalue weighted by Gasteiger charge is 2.32. The van der Waals surface area contributed by atoms with Crippen molar-refractivity contribution in [1.82, 2.24) is 30.7 Å². The molecule has 32 heavy (non-hydrogen) atoms. The average Bonchev–Trinajstić information content (AvgIpc) is 3.58. The molecule has 1 saturated heterocycles. The Bertz CT molecular complexity index is 909. The number of benzene rings is 1. The summed E-state index contributed by atoms with van der Waals surface area (Å²) in [6.07, 6.45) is 5.40. The number of aliphatic imine (C=N–C) groups is 1. The van der Waals surface area contributed by atoms with Crippen LogP contribution in [0.1, 0.15) is 37.9 Å². The zero-order valence-corrected chi connectivity index (χ0v) is 21.0. The van der Waals surface area contributed by atoms with Crippen LogP contribution in [0.3, 0.4) is 0 Å². The lowest BCUT2D eigenvalue weighted by molar-refractivity contribution is -0.134. The lowest BCUT2D eigenvalue weighted by Crippen LogP contribution is -2.45. The van der Waals surface area contributed by atoms with Gasteiger partial charge in [0.05, 0.1) is 13.7 Å². The molecule has 1 saturated carbocycles. The van der Waals surface area contributed by atoms with Crippen molar-refractivity contribution >= 4 is 35.8 Å². The van der Waals surface area contributed by atoms with Gasteiger partial charge in [0.1, 0.15) is 11.6 Å². The van der Waals surface area contributed by atoms with E-state index in [1.54, 1.807) is 14.2 Å². The Hall–Kier alpha value is -2.37. The Morgan fingerprint density at radius 3 is 2.69 bits per heavy atom. The van der Waals surface area contributed by atoms with Crippen LogP contribution in [0.15, 0.2) is 29.3 Å². The van der Waals surface area contributed by atoms with Crippen LogP contribution in [-0.2, 0) is 11.3 Å². The molecule has 9 nitrogen and oxygen atoms in total. The number of H-pyrrole nitrogens is 1. The number of amides is 1. The summed E-state index contributed by atoms with van der Waals surface area (Å²) < 4.78 is 5.19. The minimum Gasteiger partial charge on any atom is -0.497 e. The van der Waals surface area contributed by atoms with Crippen LogP contribution in [0, 0.1) is 5.92 Å². The summed E-state index contributed by atoms with van der Waals surface area (Å²) in [6.45, 7) is 2.03. The lowest BCUT2D eigenvalue weighted by atomic mass is 10.1. The summed E-state index contributed by atoms with van der Waals surface area (Å²) in [5.41, 5.74) is 0.920. The normalized spacial score (nSPS) is 19.0. The SMILES string of the molecule is CN=C(NCc1nc(-c2ccc(OC)cc2)n[nH]1)NC1CCN(C(=O)C2CCCC2)C1.I. The quantitative estimate of drug-likeness (QED) is 0.289. The number of ether oxygens (including phenoxy) is 1. The van der Waals surface area contributed by atoms with Crippen molar-refractivity contribution in [2.75, 3.05) is 27.2 Å². The Morgan fingerprint density at radius 1 is 1.25 bits per heavy atom. The average molecular weight is 553 g/mol. The number of hydrogen-bond donors (Lipinski definition) is 3. The first-order chi connectivity index (χ1) is 15.2. The van der Waals surface area contributed by atoms with Gasteiger partial charge in [0.15, 0.2) is 11.8 Å². The molecule has 2 aliphatic rings. The van der Waals surface area contributed by atoms with E-state index in [1.807, 2.05) is 29.2 Å². The van der Waals surface area contributed by atoms with Gasteiger partial charge in [-0.15, -0.1) is 24.0 Å². The van der Waals surface area contributed by atoms with Crippen molar-refractivity contribution < 1.29 is 9.53 Å². The lowest BCUT2D eigenvalue weighted by Gasteiger charge is -2.21. The topological polar surface area (TPSA) is 108 Å². The predicted octanol–water partition coefficient (Wildman–Crippen LogP) is 2.55. The number of carbonyl (C=O) groups is 1. The Labute approximate surface area is 205 Å². The summed E-state index contributed by atoms with van der Waals surface area (Å²) in [6, 6.07) is 7.84. The molecule has 1 aromatic heterocycles. The summed E-state index contributed by atoms with van der Waals surface area (Å²) in [7, 11) is 3.39. The van der Waals surface area contributed by atoms with Crippen LogP contribution < -0.4 is 15.4 Å². The van der Waals surface area contributed by atoms with E-state index in [-0.39, 0.29) is 35.9 Å². The van der Waals surface area contributed by atoms with Crippen molar-refractivity contribution in [2.45, 2.75) is 44.7 Å². The first kappa shape index (κ1) is 24.3. The van der Waals surface area contributed by atoms with Crippen molar-refractivity contribution in [3.8, 4) is 17.1 Å². The summed E-state index contributed by atoms with van der Waals surface area (Å²) >= 11 is 0. The number of aromatic amines is 1. The van der Waals surface area contributed by atoms with Crippen molar-refractivity contribution in [3.05, 3.63) is 30.1 Å². The molecule has 1 unspecified atom stereocenters. The number of carbonyl (C=O) groups excluding carboxylic acids is 1. The number of guanidine groups is 1. The van der Waals surface area contributed by atoms with Gasteiger partial charge < -0.3 is 20.3 Å². The van der Waals surface area contributed by atoms with E-state index in [1.165, 1.54) is 12.8 Å². The third kappa shape index (κ3) is 5.90. The van der Waals surface area contributed by atoms with Crippen molar-refractivity contribution in [3.63, 3.8) is 0 Å². The summed E-state index contributed by atoms with van der Waals surface area (Å²) in [4.78, 5) is 23.5. The molecule has 0 radical (unpaired) electrons. The van der Waals surface area contributed by atoms with E-state index in [2.05, 4.69) is 30.8 Å². The number of aromatic nitrogens is 3. The molecule has 1 aliphatic carbocycles. The minimum absolute atomic E-state index is 0. The molecule has 3 N–H and O–H groups in total. The first-order valence-electron chi connectivity index (χ1n) is 11.0. The maximum Gasteiger partial charge on any atom is 0.225 e. The van der Waals surface area contributed by atoms with Gasteiger partial charge in [0.25, 0.3) is 0 Å². The van der Waals surface area contributed by atoms with Gasteiger partial charge in [-0.1, -0.05) is 12.8 Å². The molecule has 2 aromatic rings. The third-order valence-corrected chi connectivity index (χ3v) is 6.07. The van der Waals surface area contributed by atoms with Crippen LogP contribution in [0.4, 0.5) is 0 Å². The van der Waals surface area contributed by atoms with E-state index in [0.717, 1.165) is 49.5 Å². The number of nitrogens with zero attached hydrogens (tertiary/aromatic N) is 4. The summed E-state index contributed by atoms with van der Waals surface area (Å²) in [5, 5.41) is 14.0. The van der Waals surface area contributed by atoms with Gasteiger partial charge in [-0.25, -0.2) is 4.98 Å². The largest absolute Gasteiger partial charge is 0.497 e. The second kappa shape index (κ2) is 11.5. The van der Waals surface area contributed by atoms with Crippen LogP contribution in [0.5, 0.6) is 5.75 Å². The van der Waals surface area contributed by atoms with E-state index in [9.17, 15) is 4.79 Å². The molecule has 174 valence electrons. The second-order valence-corrected chi connectivity index (χ2v) is 8.16. The Balaban J connectivity index is 0.00000289. The molecule has 2 heterocycles. The first-order valence-corrected chi connectivity index (χ1v) is 11.0. The second-order valence-electron chi connectivity index (χ2n) is 8.16. The number of likely N-dealkylation sites (tertiary alicyclic amines) is 1.